The van der Waals surface area contributed by atoms with E-state index in [1.54, 1.807) is 13.0 Å². The van der Waals surface area contributed by atoms with Crippen LogP contribution in [0.2, 0.25) is 0 Å². The lowest BCUT2D eigenvalue weighted by Crippen LogP contribution is -2.05. The third kappa shape index (κ3) is 3.42. The number of hydrogen-bond donors (Lipinski definition) is 1. The standard InChI is InChI=1S/C12H18O3/c1-3-4-5-6-7-10-8-11(13)9(2)12(14)15-10/h8,13H,3-7H2,1-2H3. The van der Waals surface area contributed by atoms with Gasteiger partial charge in [-0.05, 0) is 13.3 Å². The Kier molecular flexibility index (Phi) is 4.40. The van der Waals surface area contributed by atoms with Crippen molar-refractivity contribution in [1.29, 1.82) is 0 Å². The molecule has 0 aromatic carbocycles. The van der Waals surface area contributed by atoms with Crippen LogP contribution in [-0.2, 0) is 6.42 Å². The number of rotatable bonds is 5. The molecular weight excluding hydrogens is 192 g/mol. The Hall–Kier alpha value is -1.25. The molecule has 0 aliphatic rings. The average Bonchev–Trinajstić information content (AvgIpc) is 2.21. The molecule has 1 aromatic rings. The van der Waals surface area contributed by atoms with Gasteiger partial charge in [-0.15, -0.1) is 0 Å². The Morgan fingerprint density at radius 1 is 1.33 bits per heavy atom. The van der Waals surface area contributed by atoms with Gasteiger partial charge in [0.25, 0.3) is 0 Å². The van der Waals surface area contributed by atoms with Crippen LogP contribution in [0.5, 0.6) is 5.75 Å². The molecule has 1 rings (SSSR count). The summed E-state index contributed by atoms with van der Waals surface area (Å²) in [4.78, 5) is 11.2. The van der Waals surface area contributed by atoms with Crippen molar-refractivity contribution in [3.63, 3.8) is 0 Å². The minimum Gasteiger partial charge on any atom is -0.507 e. The summed E-state index contributed by atoms with van der Waals surface area (Å²) in [5.74, 6) is 0.621. The van der Waals surface area contributed by atoms with Crippen LogP contribution in [0.25, 0.3) is 0 Å². The van der Waals surface area contributed by atoms with E-state index in [1.165, 1.54) is 12.8 Å². The summed E-state index contributed by atoms with van der Waals surface area (Å²) in [6.45, 7) is 3.71. The highest BCUT2D eigenvalue weighted by molar-refractivity contribution is 5.28. The van der Waals surface area contributed by atoms with Crippen LogP contribution in [0.4, 0.5) is 0 Å². The summed E-state index contributed by atoms with van der Waals surface area (Å²) in [5.41, 5.74) is -0.146. The predicted molar refractivity (Wildman–Crippen MR) is 59.2 cm³/mol. The molecule has 3 heteroatoms. The third-order valence-electron chi connectivity index (χ3n) is 2.49. The number of aryl methyl sites for hydroxylation is 1. The van der Waals surface area contributed by atoms with Gasteiger partial charge < -0.3 is 9.52 Å². The Morgan fingerprint density at radius 2 is 2.07 bits per heavy atom. The van der Waals surface area contributed by atoms with E-state index < -0.39 is 5.63 Å². The van der Waals surface area contributed by atoms with Gasteiger partial charge in [0.05, 0.1) is 5.56 Å². The highest BCUT2D eigenvalue weighted by Crippen LogP contribution is 2.15. The fourth-order valence-corrected chi connectivity index (χ4v) is 1.44. The van der Waals surface area contributed by atoms with Crippen molar-refractivity contribution in [3.8, 4) is 5.75 Å². The molecule has 0 atom stereocenters. The summed E-state index contributed by atoms with van der Waals surface area (Å²) in [7, 11) is 0. The molecule has 0 fully saturated rings. The lowest BCUT2D eigenvalue weighted by molar-refractivity contribution is 0.412. The van der Waals surface area contributed by atoms with Crippen LogP contribution in [0.15, 0.2) is 15.3 Å². The SMILES string of the molecule is CCCCCCc1cc(O)c(C)c(=O)o1. The first kappa shape index (κ1) is 11.8. The van der Waals surface area contributed by atoms with Gasteiger partial charge in [-0.3, -0.25) is 0 Å². The minimum absolute atomic E-state index is 0.0386. The maximum Gasteiger partial charge on any atom is 0.342 e. The molecule has 3 nitrogen and oxygen atoms in total. The van der Waals surface area contributed by atoms with Crippen molar-refractivity contribution in [3.05, 3.63) is 27.8 Å². The molecule has 0 saturated carbocycles. The van der Waals surface area contributed by atoms with Gasteiger partial charge in [-0.2, -0.15) is 0 Å². The van der Waals surface area contributed by atoms with Crippen LogP contribution >= 0.6 is 0 Å². The van der Waals surface area contributed by atoms with Crippen molar-refractivity contribution in [2.45, 2.75) is 46.0 Å². The molecule has 1 heterocycles. The number of aromatic hydroxyl groups is 1. The maximum atomic E-state index is 11.2. The van der Waals surface area contributed by atoms with Gasteiger partial charge >= 0.3 is 5.63 Å². The van der Waals surface area contributed by atoms with E-state index in [0.29, 0.717) is 5.76 Å². The molecule has 1 aromatic heterocycles. The Bertz CT molecular complexity index is 366. The number of unbranched alkanes of at least 4 members (excludes halogenated alkanes) is 3. The highest BCUT2D eigenvalue weighted by atomic mass is 16.4. The monoisotopic (exact) mass is 210 g/mol. The molecule has 0 radical (unpaired) electrons. The molecule has 0 bridgehead atoms. The van der Waals surface area contributed by atoms with Crippen LogP contribution in [0.3, 0.4) is 0 Å². The quantitative estimate of drug-likeness (QED) is 0.760. The molecule has 84 valence electrons. The first-order valence-corrected chi connectivity index (χ1v) is 5.47. The zero-order valence-electron chi connectivity index (χ0n) is 9.38. The first-order valence-electron chi connectivity index (χ1n) is 5.47. The molecule has 0 amide bonds. The zero-order chi connectivity index (χ0) is 11.3. The van der Waals surface area contributed by atoms with E-state index in [4.69, 9.17) is 4.42 Å². The number of hydrogen-bond acceptors (Lipinski definition) is 3. The molecule has 1 N–H and O–H groups in total. The summed E-state index contributed by atoms with van der Waals surface area (Å²) in [6, 6.07) is 1.54. The second kappa shape index (κ2) is 5.59. The van der Waals surface area contributed by atoms with E-state index in [9.17, 15) is 9.90 Å². The van der Waals surface area contributed by atoms with Gasteiger partial charge in [0.15, 0.2) is 0 Å². The van der Waals surface area contributed by atoms with Gasteiger partial charge in [-0.1, -0.05) is 26.2 Å². The maximum absolute atomic E-state index is 11.2. The van der Waals surface area contributed by atoms with Crippen LogP contribution in [0, 0.1) is 6.92 Å². The van der Waals surface area contributed by atoms with Crippen molar-refractivity contribution < 1.29 is 9.52 Å². The fourth-order valence-electron chi connectivity index (χ4n) is 1.44. The van der Waals surface area contributed by atoms with E-state index in [2.05, 4.69) is 6.92 Å². The van der Waals surface area contributed by atoms with Gasteiger partial charge in [0.1, 0.15) is 11.5 Å². The van der Waals surface area contributed by atoms with E-state index in [-0.39, 0.29) is 11.3 Å². The second-order valence-corrected chi connectivity index (χ2v) is 3.82. The largest absolute Gasteiger partial charge is 0.507 e. The molecular formula is C12H18O3. The summed E-state index contributed by atoms with van der Waals surface area (Å²) >= 11 is 0. The molecule has 15 heavy (non-hydrogen) atoms. The summed E-state index contributed by atoms with van der Waals surface area (Å²) in [6.07, 6.45) is 5.24. The topological polar surface area (TPSA) is 50.4 Å². The van der Waals surface area contributed by atoms with Gasteiger partial charge in [0.2, 0.25) is 0 Å². The summed E-state index contributed by atoms with van der Waals surface area (Å²) in [5, 5.41) is 9.42. The van der Waals surface area contributed by atoms with Crippen molar-refractivity contribution >= 4 is 0 Å². The Balaban J connectivity index is 2.59. The van der Waals surface area contributed by atoms with E-state index in [1.807, 2.05) is 0 Å². The van der Waals surface area contributed by atoms with Crippen LogP contribution in [-0.4, -0.2) is 5.11 Å². The highest BCUT2D eigenvalue weighted by Gasteiger charge is 2.05. The average molecular weight is 210 g/mol. The molecule has 0 spiro atoms. The van der Waals surface area contributed by atoms with Crippen molar-refractivity contribution in [2.24, 2.45) is 0 Å². The van der Waals surface area contributed by atoms with Gasteiger partial charge in [-0.25, -0.2) is 4.79 Å². The molecule has 0 aliphatic carbocycles. The van der Waals surface area contributed by atoms with Crippen LogP contribution in [0.1, 0.15) is 43.9 Å². The van der Waals surface area contributed by atoms with Crippen LogP contribution < -0.4 is 5.63 Å². The third-order valence-corrected chi connectivity index (χ3v) is 2.49. The van der Waals surface area contributed by atoms with Gasteiger partial charge in [0, 0.05) is 12.5 Å². The lowest BCUT2D eigenvalue weighted by atomic mass is 10.1. The zero-order valence-corrected chi connectivity index (χ0v) is 9.38. The van der Waals surface area contributed by atoms with Crippen molar-refractivity contribution in [1.82, 2.24) is 0 Å². The normalized spacial score (nSPS) is 10.5. The second-order valence-electron chi connectivity index (χ2n) is 3.82. The van der Waals surface area contributed by atoms with E-state index >= 15 is 0 Å². The predicted octanol–water partition coefficient (Wildman–Crippen LogP) is 2.78. The van der Waals surface area contributed by atoms with Crippen molar-refractivity contribution in [2.75, 3.05) is 0 Å². The lowest BCUT2D eigenvalue weighted by Gasteiger charge is -2.02. The molecule has 0 aliphatic heterocycles. The smallest absolute Gasteiger partial charge is 0.342 e. The Morgan fingerprint density at radius 3 is 2.67 bits per heavy atom. The minimum atomic E-state index is -0.430. The fraction of sp³-hybridized carbons (Fsp3) is 0.583. The summed E-state index contributed by atoms with van der Waals surface area (Å²) < 4.78 is 5.05. The molecule has 0 saturated heterocycles. The molecule has 0 unspecified atom stereocenters. The van der Waals surface area contributed by atoms with E-state index in [0.717, 1.165) is 19.3 Å². The first-order chi connectivity index (χ1) is 7.15. The Labute approximate surface area is 89.7 Å².